The van der Waals surface area contributed by atoms with Crippen LogP contribution in [0.4, 0.5) is 0 Å². The number of aromatic amines is 1. The number of nitrogens with zero attached hydrogens (tertiary/aromatic N) is 1. The third-order valence-corrected chi connectivity index (χ3v) is 4.59. The molecule has 0 fully saturated rings. The Bertz CT molecular complexity index is 901. The van der Waals surface area contributed by atoms with E-state index in [1.54, 1.807) is 12.1 Å². The van der Waals surface area contributed by atoms with E-state index < -0.39 is 0 Å². The average Bonchev–Trinajstić information content (AvgIpc) is 3.13. The Labute approximate surface area is 164 Å². The van der Waals surface area contributed by atoms with E-state index in [-0.39, 0.29) is 23.8 Å². The first-order valence-electron chi connectivity index (χ1n) is 9.62. The van der Waals surface area contributed by atoms with Crippen molar-refractivity contribution in [2.75, 3.05) is 6.54 Å². The molecule has 6 heteroatoms. The predicted octanol–water partition coefficient (Wildman–Crippen LogP) is 3.59. The Kier molecular flexibility index (Phi) is 6.42. The molecule has 0 saturated heterocycles. The highest BCUT2D eigenvalue weighted by atomic mass is 16.2. The van der Waals surface area contributed by atoms with Crippen molar-refractivity contribution in [1.82, 2.24) is 20.6 Å². The van der Waals surface area contributed by atoms with E-state index in [9.17, 15) is 9.59 Å². The number of nitrogens with one attached hydrogen (secondary N) is 3. The molecule has 0 saturated carbocycles. The number of fused-ring (bicyclic) bond motifs is 1. The summed E-state index contributed by atoms with van der Waals surface area (Å²) in [5.41, 5.74) is 2.47. The summed E-state index contributed by atoms with van der Waals surface area (Å²) in [4.78, 5) is 32.3. The molecule has 3 rings (SSSR count). The Hall–Kier alpha value is -3.15. The smallest absolute Gasteiger partial charge is 0.251 e. The Balaban J connectivity index is 1.50. The first-order chi connectivity index (χ1) is 13.5. The van der Waals surface area contributed by atoms with Gasteiger partial charge in [-0.05, 0) is 36.6 Å². The second-order valence-corrected chi connectivity index (χ2v) is 7.15. The summed E-state index contributed by atoms with van der Waals surface area (Å²) < 4.78 is 0. The summed E-state index contributed by atoms with van der Waals surface area (Å²) in [6, 6.07) is 16.7. The molecule has 0 aliphatic carbocycles. The highest BCUT2D eigenvalue weighted by molar-refractivity contribution is 5.94. The highest BCUT2D eigenvalue weighted by Crippen LogP contribution is 2.22. The molecule has 0 aliphatic heterocycles. The molecule has 1 unspecified atom stereocenters. The number of H-pyrrole nitrogens is 1. The van der Waals surface area contributed by atoms with Crippen molar-refractivity contribution in [3.05, 3.63) is 66.0 Å². The van der Waals surface area contributed by atoms with Crippen LogP contribution in [0.15, 0.2) is 54.6 Å². The molecule has 0 spiro atoms. The zero-order valence-corrected chi connectivity index (χ0v) is 16.2. The third-order valence-electron chi connectivity index (χ3n) is 4.59. The number of rotatable bonds is 8. The molecule has 3 aromatic rings. The first-order valence-corrected chi connectivity index (χ1v) is 9.62. The fourth-order valence-corrected chi connectivity index (χ4v) is 3.06. The highest BCUT2D eigenvalue weighted by Gasteiger charge is 2.21. The quantitative estimate of drug-likeness (QED) is 0.524. The van der Waals surface area contributed by atoms with E-state index >= 15 is 0 Å². The van der Waals surface area contributed by atoms with Crippen LogP contribution in [0.2, 0.25) is 0 Å². The minimum Gasteiger partial charge on any atom is -0.352 e. The second-order valence-electron chi connectivity index (χ2n) is 7.15. The van der Waals surface area contributed by atoms with Gasteiger partial charge in [0.25, 0.3) is 5.91 Å². The maximum absolute atomic E-state index is 12.4. The van der Waals surface area contributed by atoms with Gasteiger partial charge in [0.15, 0.2) is 0 Å². The number of amides is 2. The van der Waals surface area contributed by atoms with Gasteiger partial charge in [-0.15, -0.1) is 0 Å². The maximum atomic E-state index is 12.4. The Morgan fingerprint density at radius 1 is 1.04 bits per heavy atom. The number of carbonyl (C=O) groups excluding carboxylic acids is 2. The number of carbonyl (C=O) groups is 2. The second kappa shape index (κ2) is 9.17. The van der Waals surface area contributed by atoms with Gasteiger partial charge < -0.3 is 15.6 Å². The SMILES string of the molecule is CC(C)C(NC(=O)CCCNC(=O)c1ccccc1)c1nc2ccccc2[nH]1. The molecule has 1 atom stereocenters. The van der Waals surface area contributed by atoms with Crippen LogP contribution in [0.5, 0.6) is 0 Å². The molecule has 0 aliphatic rings. The molecular weight excluding hydrogens is 352 g/mol. The molecule has 2 amide bonds. The third kappa shape index (κ3) is 4.97. The summed E-state index contributed by atoms with van der Waals surface area (Å²) in [5, 5.41) is 5.91. The Morgan fingerprint density at radius 3 is 2.46 bits per heavy atom. The molecule has 3 N–H and O–H groups in total. The van der Waals surface area contributed by atoms with Crippen LogP contribution in [-0.4, -0.2) is 28.3 Å². The van der Waals surface area contributed by atoms with Crippen molar-refractivity contribution in [3.8, 4) is 0 Å². The van der Waals surface area contributed by atoms with Crippen molar-refractivity contribution in [2.24, 2.45) is 5.92 Å². The van der Waals surface area contributed by atoms with Gasteiger partial charge in [-0.2, -0.15) is 0 Å². The lowest BCUT2D eigenvalue weighted by Gasteiger charge is -2.20. The first kappa shape index (κ1) is 19.6. The molecular formula is C22H26N4O2. The minimum atomic E-state index is -0.182. The number of hydrogen-bond acceptors (Lipinski definition) is 3. The van der Waals surface area contributed by atoms with Crippen molar-refractivity contribution < 1.29 is 9.59 Å². The fourth-order valence-electron chi connectivity index (χ4n) is 3.06. The normalized spacial score (nSPS) is 12.1. The van der Waals surface area contributed by atoms with Crippen molar-refractivity contribution in [3.63, 3.8) is 0 Å². The van der Waals surface area contributed by atoms with E-state index in [2.05, 4.69) is 34.4 Å². The average molecular weight is 378 g/mol. The van der Waals surface area contributed by atoms with Crippen LogP contribution in [0.3, 0.4) is 0 Å². The van der Waals surface area contributed by atoms with Crippen LogP contribution in [0, 0.1) is 5.92 Å². The topological polar surface area (TPSA) is 86.9 Å². The summed E-state index contributed by atoms with van der Waals surface area (Å²) in [6.45, 7) is 4.56. The fraction of sp³-hybridized carbons (Fsp3) is 0.318. The molecule has 0 bridgehead atoms. The van der Waals surface area contributed by atoms with Crippen LogP contribution in [0.1, 0.15) is 48.9 Å². The van der Waals surface area contributed by atoms with Gasteiger partial charge in [-0.25, -0.2) is 4.98 Å². The van der Waals surface area contributed by atoms with Crippen molar-refractivity contribution >= 4 is 22.8 Å². The van der Waals surface area contributed by atoms with Gasteiger partial charge >= 0.3 is 0 Å². The maximum Gasteiger partial charge on any atom is 0.251 e. The number of para-hydroxylation sites is 2. The summed E-state index contributed by atoms with van der Waals surface area (Å²) >= 11 is 0. The molecule has 1 aromatic heterocycles. The minimum absolute atomic E-state index is 0.0480. The van der Waals surface area contributed by atoms with Crippen LogP contribution in [-0.2, 0) is 4.79 Å². The van der Waals surface area contributed by atoms with Gasteiger partial charge in [0.2, 0.25) is 5.91 Å². The number of hydrogen-bond donors (Lipinski definition) is 3. The van der Waals surface area contributed by atoms with Crippen LogP contribution >= 0.6 is 0 Å². The summed E-state index contributed by atoms with van der Waals surface area (Å²) in [6.07, 6.45) is 0.924. The molecule has 0 radical (unpaired) electrons. The summed E-state index contributed by atoms with van der Waals surface area (Å²) in [5.74, 6) is 0.792. The molecule has 6 nitrogen and oxygen atoms in total. The van der Waals surface area contributed by atoms with E-state index in [1.165, 1.54) is 0 Å². The number of imidazole rings is 1. The van der Waals surface area contributed by atoms with Gasteiger partial charge in [-0.3, -0.25) is 9.59 Å². The monoisotopic (exact) mass is 378 g/mol. The Morgan fingerprint density at radius 2 is 1.75 bits per heavy atom. The lowest BCUT2D eigenvalue weighted by molar-refractivity contribution is -0.122. The molecule has 28 heavy (non-hydrogen) atoms. The van der Waals surface area contributed by atoms with Crippen LogP contribution < -0.4 is 10.6 Å². The lowest BCUT2D eigenvalue weighted by atomic mass is 10.0. The van der Waals surface area contributed by atoms with Crippen molar-refractivity contribution in [2.45, 2.75) is 32.7 Å². The number of benzene rings is 2. The van der Waals surface area contributed by atoms with Gasteiger partial charge in [0.1, 0.15) is 5.82 Å². The van der Waals surface area contributed by atoms with E-state index in [4.69, 9.17) is 0 Å². The molecule has 2 aromatic carbocycles. The van der Waals surface area contributed by atoms with Crippen LogP contribution in [0.25, 0.3) is 11.0 Å². The zero-order chi connectivity index (χ0) is 19.9. The number of aromatic nitrogens is 2. The van der Waals surface area contributed by atoms with E-state index in [0.29, 0.717) is 24.9 Å². The van der Waals surface area contributed by atoms with Crippen molar-refractivity contribution in [1.29, 1.82) is 0 Å². The van der Waals surface area contributed by atoms with E-state index in [0.717, 1.165) is 16.9 Å². The lowest BCUT2D eigenvalue weighted by Crippen LogP contribution is -2.33. The largest absolute Gasteiger partial charge is 0.352 e. The van der Waals surface area contributed by atoms with Gasteiger partial charge in [-0.1, -0.05) is 44.2 Å². The van der Waals surface area contributed by atoms with E-state index in [1.807, 2.05) is 42.5 Å². The molecule has 1 heterocycles. The zero-order valence-electron chi connectivity index (χ0n) is 16.2. The standard InChI is InChI=1S/C22H26N4O2/c1-15(2)20(21-24-17-11-6-7-12-18(17)25-21)26-19(27)13-8-14-23-22(28)16-9-4-3-5-10-16/h3-7,9-12,15,20H,8,13-14H2,1-2H3,(H,23,28)(H,24,25)(H,26,27). The summed E-state index contributed by atoms with van der Waals surface area (Å²) in [7, 11) is 0. The molecule has 146 valence electrons. The van der Waals surface area contributed by atoms with Gasteiger partial charge in [0.05, 0.1) is 17.1 Å². The predicted molar refractivity (Wildman–Crippen MR) is 110 cm³/mol. The van der Waals surface area contributed by atoms with Gasteiger partial charge in [0, 0.05) is 18.5 Å².